The number of piperazine rings is 1. The standard InChI is InChI=1S/C18H20N4O3S/c23-18(14-26-17-3-1-16(2-4-17)22(24)25)21-11-9-20(10-12-21)13-15-5-7-19-8-6-15/h1-8H,9-14H2. The molecule has 1 aliphatic rings. The Morgan fingerprint density at radius 2 is 1.73 bits per heavy atom. The molecule has 0 unspecified atom stereocenters. The molecule has 0 atom stereocenters. The fourth-order valence-electron chi connectivity index (χ4n) is 2.80. The number of nitro groups is 1. The van der Waals surface area contributed by atoms with Gasteiger partial charge in [-0.3, -0.25) is 24.8 Å². The van der Waals surface area contributed by atoms with Crippen LogP contribution >= 0.6 is 11.8 Å². The van der Waals surface area contributed by atoms with Gasteiger partial charge in [-0.05, 0) is 29.8 Å². The lowest BCUT2D eigenvalue weighted by Gasteiger charge is -2.34. The molecule has 2 heterocycles. The van der Waals surface area contributed by atoms with Crippen LogP contribution in [-0.2, 0) is 11.3 Å². The van der Waals surface area contributed by atoms with Crippen molar-refractivity contribution in [3.05, 3.63) is 64.5 Å². The van der Waals surface area contributed by atoms with Gasteiger partial charge in [-0.1, -0.05) is 0 Å². The molecule has 0 saturated carbocycles. The van der Waals surface area contributed by atoms with Crippen molar-refractivity contribution in [3.63, 3.8) is 0 Å². The van der Waals surface area contributed by atoms with E-state index in [0.717, 1.165) is 37.6 Å². The maximum atomic E-state index is 12.4. The van der Waals surface area contributed by atoms with Gasteiger partial charge in [0.1, 0.15) is 0 Å². The zero-order valence-electron chi connectivity index (χ0n) is 14.3. The van der Waals surface area contributed by atoms with Gasteiger partial charge in [0.2, 0.25) is 5.91 Å². The number of hydrogen-bond donors (Lipinski definition) is 0. The van der Waals surface area contributed by atoms with Crippen LogP contribution in [0, 0.1) is 10.1 Å². The molecule has 3 rings (SSSR count). The third kappa shape index (κ3) is 5.03. The van der Waals surface area contributed by atoms with E-state index in [4.69, 9.17) is 0 Å². The molecule has 1 amide bonds. The minimum atomic E-state index is -0.426. The van der Waals surface area contributed by atoms with Crippen LogP contribution < -0.4 is 0 Å². The van der Waals surface area contributed by atoms with Gasteiger partial charge in [-0.25, -0.2) is 0 Å². The van der Waals surface area contributed by atoms with Crippen LogP contribution in [0.1, 0.15) is 5.56 Å². The van der Waals surface area contributed by atoms with Crippen molar-refractivity contribution in [1.29, 1.82) is 0 Å². The predicted molar refractivity (Wildman–Crippen MR) is 99.9 cm³/mol. The largest absolute Gasteiger partial charge is 0.339 e. The van der Waals surface area contributed by atoms with Gasteiger partial charge in [-0.15, -0.1) is 11.8 Å². The van der Waals surface area contributed by atoms with E-state index in [-0.39, 0.29) is 11.6 Å². The summed E-state index contributed by atoms with van der Waals surface area (Å²) in [6.45, 7) is 4.05. The van der Waals surface area contributed by atoms with Crippen molar-refractivity contribution in [1.82, 2.24) is 14.8 Å². The number of aromatic nitrogens is 1. The fraction of sp³-hybridized carbons (Fsp3) is 0.333. The first kappa shape index (κ1) is 18.3. The van der Waals surface area contributed by atoms with E-state index < -0.39 is 4.92 Å². The van der Waals surface area contributed by atoms with Crippen LogP contribution in [0.25, 0.3) is 0 Å². The Labute approximate surface area is 156 Å². The van der Waals surface area contributed by atoms with Crippen LogP contribution in [0.4, 0.5) is 5.69 Å². The smallest absolute Gasteiger partial charge is 0.269 e. The minimum Gasteiger partial charge on any atom is -0.339 e. The normalized spacial score (nSPS) is 15.0. The maximum Gasteiger partial charge on any atom is 0.269 e. The van der Waals surface area contributed by atoms with E-state index >= 15 is 0 Å². The molecule has 0 radical (unpaired) electrons. The molecule has 1 saturated heterocycles. The number of rotatable bonds is 6. The summed E-state index contributed by atoms with van der Waals surface area (Å²) in [5.41, 5.74) is 1.29. The van der Waals surface area contributed by atoms with E-state index in [9.17, 15) is 14.9 Å². The number of nitrogens with zero attached hydrogens (tertiary/aromatic N) is 4. The Morgan fingerprint density at radius 3 is 2.35 bits per heavy atom. The Balaban J connectivity index is 1.42. The summed E-state index contributed by atoms with van der Waals surface area (Å²) in [4.78, 5) is 31.7. The molecule has 0 spiro atoms. The zero-order chi connectivity index (χ0) is 18.4. The van der Waals surface area contributed by atoms with Crippen LogP contribution in [-0.4, -0.2) is 57.5 Å². The van der Waals surface area contributed by atoms with Gasteiger partial charge < -0.3 is 4.90 Å². The predicted octanol–water partition coefficient (Wildman–Crippen LogP) is 2.43. The molecule has 1 aromatic heterocycles. The van der Waals surface area contributed by atoms with E-state index in [0.29, 0.717) is 5.75 Å². The van der Waals surface area contributed by atoms with Gasteiger partial charge >= 0.3 is 0 Å². The highest BCUT2D eigenvalue weighted by Crippen LogP contribution is 2.22. The summed E-state index contributed by atoms with van der Waals surface area (Å²) in [5.74, 6) is 0.458. The van der Waals surface area contributed by atoms with Crippen molar-refractivity contribution < 1.29 is 9.72 Å². The summed E-state index contributed by atoms with van der Waals surface area (Å²) in [5, 5.41) is 10.7. The highest BCUT2D eigenvalue weighted by atomic mass is 32.2. The average Bonchev–Trinajstić information content (AvgIpc) is 2.68. The first-order chi connectivity index (χ1) is 12.6. The number of amides is 1. The third-order valence-electron chi connectivity index (χ3n) is 4.29. The average molecular weight is 372 g/mol. The van der Waals surface area contributed by atoms with Gasteiger partial charge in [0.15, 0.2) is 0 Å². The summed E-state index contributed by atoms with van der Waals surface area (Å²) in [6.07, 6.45) is 3.59. The molecule has 0 bridgehead atoms. The van der Waals surface area contributed by atoms with Gasteiger partial charge in [0.25, 0.3) is 5.69 Å². The lowest BCUT2D eigenvalue weighted by molar-refractivity contribution is -0.384. The quantitative estimate of drug-likeness (QED) is 0.440. The molecule has 1 aromatic carbocycles. The molecule has 0 N–H and O–H groups in total. The van der Waals surface area contributed by atoms with Crippen molar-refractivity contribution in [3.8, 4) is 0 Å². The first-order valence-corrected chi connectivity index (χ1v) is 9.36. The summed E-state index contributed by atoms with van der Waals surface area (Å²) >= 11 is 1.41. The second-order valence-electron chi connectivity index (χ2n) is 6.05. The van der Waals surface area contributed by atoms with Crippen molar-refractivity contribution in [2.75, 3.05) is 31.9 Å². The third-order valence-corrected chi connectivity index (χ3v) is 5.29. The molecular formula is C18H20N4O3S. The summed E-state index contributed by atoms with van der Waals surface area (Å²) in [6, 6.07) is 10.3. The molecule has 7 nitrogen and oxygen atoms in total. The lowest BCUT2D eigenvalue weighted by Crippen LogP contribution is -2.48. The number of nitro benzene ring substituents is 1. The highest BCUT2D eigenvalue weighted by molar-refractivity contribution is 8.00. The second-order valence-corrected chi connectivity index (χ2v) is 7.10. The molecule has 2 aromatic rings. The van der Waals surface area contributed by atoms with Gasteiger partial charge in [0, 0.05) is 62.1 Å². The fourth-order valence-corrected chi connectivity index (χ4v) is 3.60. The zero-order valence-corrected chi connectivity index (χ0v) is 15.1. The van der Waals surface area contributed by atoms with E-state index in [2.05, 4.69) is 9.88 Å². The molecule has 136 valence electrons. The second kappa shape index (κ2) is 8.77. The number of hydrogen-bond acceptors (Lipinski definition) is 6. The lowest BCUT2D eigenvalue weighted by atomic mass is 10.2. The molecule has 8 heteroatoms. The summed E-state index contributed by atoms with van der Waals surface area (Å²) < 4.78 is 0. The number of benzene rings is 1. The topological polar surface area (TPSA) is 79.6 Å². The number of thioether (sulfide) groups is 1. The molecule has 0 aliphatic carbocycles. The van der Waals surface area contributed by atoms with Crippen LogP contribution in [0.3, 0.4) is 0 Å². The number of carbonyl (C=O) groups excluding carboxylic acids is 1. The number of non-ortho nitro benzene ring substituents is 1. The van der Waals surface area contributed by atoms with E-state index in [1.807, 2.05) is 17.0 Å². The van der Waals surface area contributed by atoms with Crippen molar-refractivity contribution >= 4 is 23.4 Å². The van der Waals surface area contributed by atoms with Crippen molar-refractivity contribution in [2.24, 2.45) is 0 Å². The number of carbonyl (C=O) groups is 1. The Kier molecular flexibility index (Phi) is 6.19. The van der Waals surface area contributed by atoms with Gasteiger partial charge in [-0.2, -0.15) is 0 Å². The molecule has 1 fully saturated rings. The Bertz CT molecular complexity index is 747. The number of pyridine rings is 1. The molecule has 26 heavy (non-hydrogen) atoms. The van der Waals surface area contributed by atoms with Crippen LogP contribution in [0.2, 0.25) is 0 Å². The molecule has 1 aliphatic heterocycles. The summed E-state index contributed by atoms with van der Waals surface area (Å²) in [7, 11) is 0. The first-order valence-electron chi connectivity index (χ1n) is 8.38. The Morgan fingerprint density at radius 1 is 1.08 bits per heavy atom. The van der Waals surface area contributed by atoms with E-state index in [1.165, 1.54) is 29.5 Å². The maximum absolute atomic E-state index is 12.4. The van der Waals surface area contributed by atoms with Crippen LogP contribution in [0.5, 0.6) is 0 Å². The van der Waals surface area contributed by atoms with E-state index in [1.54, 1.807) is 24.5 Å². The minimum absolute atomic E-state index is 0.0611. The monoisotopic (exact) mass is 372 g/mol. The van der Waals surface area contributed by atoms with Crippen molar-refractivity contribution in [2.45, 2.75) is 11.4 Å². The Hall–Kier alpha value is -2.45. The van der Waals surface area contributed by atoms with Gasteiger partial charge in [0.05, 0.1) is 10.7 Å². The highest BCUT2D eigenvalue weighted by Gasteiger charge is 2.21. The SMILES string of the molecule is O=C(CSc1ccc([N+](=O)[O-])cc1)N1CCN(Cc2ccncc2)CC1. The van der Waals surface area contributed by atoms with Crippen LogP contribution in [0.15, 0.2) is 53.7 Å². The molecular weight excluding hydrogens is 352 g/mol.